The standard InChI is InChI=1S/C20H20N2O2S/c1-24-17-10-4-2-8-15(17)20(23)22-12-6-7-14(13-22)19-21-16-9-3-5-11-18(16)25-19/h2-5,8-11,14H,6-7,12-13H2,1H3/t14-/m1/s1. The van der Waals surface area contributed by atoms with Crippen LogP contribution in [0.3, 0.4) is 0 Å². The van der Waals surface area contributed by atoms with Gasteiger partial charge in [-0.1, -0.05) is 24.3 Å². The largest absolute Gasteiger partial charge is 0.496 e. The molecular weight excluding hydrogens is 332 g/mol. The highest BCUT2D eigenvalue weighted by Gasteiger charge is 2.28. The summed E-state index contributed by atoms with van der Waals surface area (Å²) in [6.07, 6.45) is 2.08. The Morgan fingerprint density at radius 2 is 2.00 bits per heavy atom. The molecule has 0 N–H and O–H groups in total. The van der Waals surface area contributed by atoms with E-state index in [1.54, 1.807) is 18.4 Å². The van der Waals surface area contributed by atoms with E-state index in [0.29, 0.717) is 17.2 Å². The molecule has 1 saturated heterocycles. The van der Waals surface area contributed by atoms with E-state index in [0.717, 1.165) is 36.5 Å². The minimum Gasteiger partial charge on any atom is -0.496 e. The Balaban J connectivity index is 1.57. The normalized spacial score (nSPS) is 17.6. The maximum absolute atomic E-state index is 13.0. The first-order valence-corrected chi connectivity index (χ1v) is 9.35. The van der Waals surface area contributed by atoms with Gasteiger partial charge in [0.15, 0.2) is 0 Å². The maximum atomic E-state index is 13.0. The molecule has 3 aromatic rings. The van der Waals surface area contributed by atoms with E-state index in [1.165, 1.54) is 4.70 Å². The highest BCUT2D eigenvalue weighted by molar-refractivity contribution is 7.18. The summed E-state index contributed by atoms with van der Waals surface area (Å²) in [5.41, 5.74) is 1.69. The molecule has 1 atom stereocenters. The van der Waals surface area contributed by atoms with E-state index in [4.69, 9.17) is 9.72 Å². The molecule has 0 spiro atoms. The smallest absolute Gasteiger partial charge is 0.257 e. The number of thiazole rings is 1. The van der Waals surface area contributed by atoms with Gasteiger partial charge in [-0.25, -0.2) is 4.98 Å². The molecule has 0 radical (unpaired) electrons. The van der Waals surface area contributed by atoms with Gasteiger partial charge in [0.25, 0.3) is 5.91 Å². The van der Waals surface area contributed by atoms with Crippen molar-refractivity contribution in [2.24, 2.45) is 0 Å². The van der Waals surface area contributed by atoms with Gasteiger partial charge >= 0.3 is 0 Å². The molecule has 0 unspecified atom stereocenters. The third-order valence-corrected chi connectivity index (χ3v) is 5.90. The van der Waals surface area contributed by atoms with Crippen LogP contribution < -0.4 is 4.74 Å². The number of amides is 1. The van der Waals surface area contributed by atoms with Crippen molar-refractivity contribution >= 4 is 27.5 Å². The van der Waals surface area contributed by atoms with Crippen LogP contribution in [0.5, 0.6) is 5.75 Å². The van der Waals surface area contributed by atoms with E-state index < -0.39 is 0 Å². The molecule has 4 rings (SSSR count). The van der Waals surface area contributed by atoms with Gasteiger partial charge in [-0.05, 0) is 37.1 Å². The molecule has 1 fully saturated rings. The zero-order valence-electron chi connectivity index (χ0n) is 14.1. The second-order valence-corrected chi connectivity index (χ2v) is 7.37. The number of benzene rings is 2. The maximum Gasteiger partial charge on any atom is 0.257 e. The van der Waals surface area contributed by atoms with E-state index >= 15 is 0 Å². The molecule has 25 heavy (non-hydrogen) atoms. The number of methoxy groups -OCH3 is 1. The van der Waals surface area contributed by atoms with Gasteiger partial charge in [-0.15, -0.1) is 11.3 Å². The lowest BCUT2D eigenvalue weighted by Crippen LogP contribution is -2.39. The van der Waals surface area contributed by atoms with Crippen LogP contribution in [0.2, 0.25) is 0 Å². The van der Waals surface area contributed by atoms with Crippen molar-refractivity contribution < 1.29 is 9.53 Å². The summed E-state index contributed by atoms with van der Waals surface area (Å²) < 4.78 is 6.56. The summed E-state index contributed by atoms with van der Waals surface area (Å²) in [6.45, 7) is 1.51. The number of likely N-dealkylation sites (tertiary alicyclic amines) is 1. The van der Waals surface area contributed by atoms with Crippen LogP contribution in [-0.2, 0) is 0 Å². The van der Waals surface area contributed by atoms with Gasteiger partial charge in [0.05, 0.1) is 27.9 Å². The molecule has 2 aromatic carbocycles. The van der Waals surface area contributed by atoms with Crippen molar-refractivity contribution in [1.29, 1.82) is 0 Å². The van der Waals surface area contributed by atoms with Crippen molar-refractivity contribution in [3.05, 3.63) is 59.1 Å². The van der Waals surface area contributed by atoms with Crippen molar-refractivity contribution in [2.45, 2.75) is 18.8 Å². The molecule has 1 aliphatic heterocycles. The summed E-state index contributed by atoms with van der Waals surface area (Å²) in [5.74, 6) is 0.989. The van der Waals surface area contributed by atoms with Crippen LogP contribution in [-0.4, -0.2) is 36.0 Å². The summed E-state index contributed by atoms with van der Waals surface area (Å²) in [6, 6.07) is 15.7. The summed E-state index contributed by atoms with van der Waals surface area (Å²) >= 11 is 1.75. The molecule has 1 aromatic heterocycles. The highest BCUT2D eigenvalue weighted by atomic mass is 32.1. The molecule has 0 bridgehead atoms. The fraction of sp³-hybridized carbons (Fsp3) is 0.300. The molecule has 0 aliphatic carbocycles. The van der Waals surface area contributed by atoms with Crippen LogP contribution in [0, 0.1) is 0 Å². The number of piperidine rings is 1. The number of ether oxygens (including phenoxy) is 1. The van der Waals surface area contributed by atoms with Crippen LogP contribution >= 0.6 is 11.3 Å². The van der Waals surface area contributed by atoms with E-state index in [-0.39, 0.29) is 5.91 Å². The monoisotopic (exact) mass is 352 g/mol. The molecule has 1 aliphatic rings. The zero-order chi connectivity index (χ0) is 17.2. The number of hydrogen-bond acceptors (Lipinski definition) is 4. The summed E-state index contributed by atoms with van der Waals surface area (Å²) in [7, 11) is 1.60. The predicted octanol–water partition coefficient (Wildman–Crippen LogP) is 4.32. The molecule has 128 valence electrons. The lowest BCUT2D eigenvalue weighted by Gasteiger charge is -2.32. The molecular formula is C20H20N2O2S. The van der Waals surface area contributed by atoms with Gasteiger partial charge in [-0.2, -0.15) is 0 Å². The first kappa shape index (κ1) is 16.1. The Morgan fingerprint density at radius 3 is 2.84 bits per heavy atom. The number of hydrogen-bond donors (Lipinski definition) is 0. The Hall–Kier alpha value is -2.40. The quantitative estimate of drug-likeness (QED) is 0.705. The third kappa shape index (κ3) is 3.12. The van der Waals surface area contributed by atoms with Gasteiger partial charge < -0.3 is 9.64 Å². The highest BCUT2D eigenvalue weighted by Crippen LogP contribution is 2.33. The average Bonchev–Trinajstić information content (AvgIpc) is 3.12. The summed E-state index contributed by atoms with van der Waals surface area (Å²) in [5, 5.41) is 1.14. The second kappa shape index (κ2) is 6.84. The number of nitrogens with zero attached hydrogens (tertiary/aromatic N) is 2. The summed E-state index contributed by atoms with van der Waals surface area (Å²) in [4.78, 5) is 19.7. The Morgan fingerprint density at radius 1 is 1.20 bits per heavy atom. The second-order valence-electron chi connectivity index (χ2n) is 6.31. The Kier molecular flexibility index (Phi) is 4.40. The van der Waals surface area contributed by atoms with E-state index in [2.05, 4.69) is 12.1 Å². The molecule has 1 amide bonds. The fourth-order valence-electron chi connectivity index (χ4n) is 3.42. The van der Waals surface area contributed by atoms with Crippen LogP contribution in [0.4, 0.5) is 0 Å². The number of fused-ring (bicyclic) bond motifs is 1. The van der Waals surface area contributed by atoms with Crippen LogP contribution in [0.1, 0.15) is 34.1 Å². The Bertz CT molecular complexity index is 872. The van der Waals surface area contributed by atoms with Crippen molar-refractivity contribution in [1.82, 2.24) is 9.88 Å². The minimum absolute atomic E-state index is 0.0447. The van der Waals surface area contributed by atoms with E-state index in [9.17, 15) is 4.79 Å². The lowest BCUT2D eigenvalue weighted by atomic mass is 9.98. The van der Waals surface area contributed by atoms with Gasteiger partial charge in [-0.3, -0.25) is 4.79 Å². The molecule has 2 heterocycles. The number of rotatable bonds is 3. The Labute approximate surface area is 151 Å². The first-order valence-electron chi connectivity index (χ1n) is 8.54. The van der Waals surface area contributed by atoms with Crippen molar-refractivity contribution in [2.75, 3.05) is 20.2 Å². The third-order valence-electron chi connectivity index (χ3n) is 4.71. The minimum atomic E-state index is 0.0447. The van der Waals surface area contributed by atoms with Crippen molar-refractivity contribution in [3.63, 3.8) is 0 Å². The topological polar surface area (TPSA) is 42.4 Å². The lowest BCUT2D eigenvalue weighted by molar-refractivity contribution is 0.0703. The molecule has 5 heteroatoms. The van der Waals surface area contributed by atoms with Crippen LogP contribution in [0.25, 0.3) is 10.2 Å². The van der Waals surface area contributed by atoms with Crippen LogP contribution in [0.15, 0.2) is 48.5 Å². The number of carbonyl (C=O) groups excluding carboxylic acids is 1. The average molecular weight is 352 g/mol. The predicted molar refractivity (Wildman–Crippen MR) is 100 cm³/mol. The van der Waals surface area contributed by atoms with Gasteiger partial charge in [0.1, 0.15) is 5.75 Å². The zero-order valence-corrected chi connectivity index (χ0v) is 15.0. The number of aromatic nitrogens is 1. The SMILES string of the molecule is COc1ccccc1C(=O)N1CCC[C@@H](c2nc3ccccc3s2)C1. The molecule has 0 saturated carbocycles. The number of carbonyl (C=O) groups is 1. The van der Waals surface area contributed by atoms with Gasteiger partial charge in [0.2, 0.25) is 0 Å². The van der Waals surface area contributed by atoms with Gasteiger partial charge in [0, 0.05) is 19.0 Å². The van der Waals surface area contributed by atoms with Crippen molar-refractivity contribution in [3.8, 4) is 5.75 Å². The first-order chi connectivity index (χ1) is 12.3. The fourth-order valence-corrected chi connectivity index (χ4v) is 4.51. The van der Waals surface area contributed by atoms with E-state index in [1.807, 2.05) is 41.3 Å². The number of para-hydroxylation sites is 2. The molecule has 4 nitrogen and oxygen atoms in total.